The van der Waals surface area contributed by atoms with E-state index in [4.69, 9.17) is 14.7 Å². The van der Waals surface area contributed by atoms with Crippen LogP contribution in [0.1, 0.15) is 89.1 Å². The molecule has 1 atom stereocenters. The zero-order chi connectivity index (χ0) is 23.3. The van der Waals surface area contributed by atoms with Crippen molar-refractivity contribution >= 4 is 15.9 Å². The average Bonchev–Trinajstić information content (AvgIpc) is 3.25. The lowest BCUT2D eigenvalue weighted by molar-refractivity contribution is 0.279. The van der Waals surface area contributed by atoms with E-state index in [-0.39, 0.29) is 12.5 Å². The van der Waals surface area contributed by atoms with Gasteiger partial charge < -0.3 is 9.84 Å². The molecule has 0 aliphatic carbocycles. The number of aliphatic hydroxyl groups excluding tert-OH is 1. The minimum absolute atomic E-state index is 0.0231. The highest BCUT2D eigenvalue weighted by Crippen LogP contribution is 2.53. The van der Waals surface area contributed by atoms with E-state index < -0.39 is 10.9 Å². The molecule has 32 heavy (non-hydrogen) atoms. The summed E-state index contributed by atoms with van der Waals surface area (Å²) in [7, 11) is 1.16. The largest absolute Gasteiger partial charge is 0.496 e. The molecule has 1 aliphatic heterocycles. The van der Waals surface area contributed by atoms with Crippen molar-refractivity contribution in [3.8, 4) is 16.9 Å². The molecule has 4 nitrogen and oxygen atoms in total. The number of aliphatic imine (C=N–C) groups is 1. The minimum Gasteiger partial charge on any atom is -0.496 e. The van der Waals surface area contributed by atoms with Gasteiger partial charge in [-0.1, -0.05) is 65.7 Å². The van der Waals surface area contributed by atoms with Crippen LogP contribution in [0.15, 0.2) is 34.2 Å². The number of aliphatic hydroxyl groups is 1. The molecular formula is C27H40N2O2S. The first kappa shape index (κ1) is 24.8. The van der Waals surface area contributed by atoms with Crippen molar-refractivity contribution in [2.45, 2.75) is 83.6 Å². The van der Waals surface area contributed by atoms with Crippen LogP contribution in [-0.2, 0) is 6.61 Å². The fourth-order valence-electron chi connectivity index (χ4n) is 4.59. The predicted octanol–water partition coefficient (Wildman–Crippen LogP) is 6.85. The van der Waals surface area contributed by atoms with Gasteiger partial charge in [-0.3, -0.25) is 9.98 Å². The Morgan fingerprint density at radius 1 is 1.06 bits per heavy atom. The smallest absolute Gasteiger partial charge is 0.126 e. The first-order valence-electron chi connectivity index (χ1n) is 12.1. The SMILES string of the molecule is CCCCCC1=NCC[SH]1c1c(C(C)C)nc(C(C)C)c(CO)c1-c1ccccc1OC. The number of methoxy groups -OCH3 is 1. The van der Waals surface area contributed by atoms with Gasteiger partial charge in [0.1, 0.15) is 5.75 Å². The Hall–Kier alpha value is -1.85. The third-order valence-corrected chi connectivity index (χ3v) is 8.79. The van der Waals surface area contributed by atoms with Crippen LogP contribution in [-0.4, -0.2) is 34.5 Å². The van der Waals surface area contributed by atoms with E-state index in [0.29, 0.717) is 5.92 Å². The highest BCUT2D eigenvalue weighted by atomic mass is 32.2. The van der Waals surface area contributed by atoms with Gasteiger partial charge in [0.05, 0.1) is 24.5 Å². The molecule has 1 aromatic heterocycles. The zero-order valence-electron chi connectivity index (χ0n) is 20.6. The molecule has 0 amide bonds. The summed E-state index contributed by atoms with van der Waals surface area (Å²) < 4.78 is 5.80. The Bertz CT molecular complexity index is 953. The maximum Gasteiger partial charge on any atom is 0.126 e. The summed E-state index contributed by atoms with van der Waals surface area (Å²) in [4.78, 5) is 11.5. The fourth-order valence-corrected chi connectivity index (χ4v) is 7.43. The maximum absolute atomic E-state index is 10.6. The Balaban J connectivity index is 2.33. The topological polar surface area (TPSA) is 54.7 Å². The highest BCUT2D eigenvalue weighted by molar-refractivity contribution is 8.30. The number of hydrogen-bond donors (Lipinski definition) is 2. The lowest BCUT2D eigenvalue weighted by Gasteiger charge is -2.30. The molecule has 0 bridgehead atoms. The number of benzene rings is 1. The van der Waals surface area contributed by atoms with Gasteiger partial charge in [-0.2, -0.15) is 10.9 Å². The fraction of sp³-hybridized carbons (Fsp3) is 0.556. The predicted molar refractivity (Wildman–Crippen MR) is 139 cm³/mol. The summed E-state index contributed by atoms with van der Waals surface area (Å²) in [5.74, 6) is 2.44. The summed E-state index contributed by atoms with van der Waals surface area (Å²) in [6.45, 7) is 11.9. The van der Waals surface area contributed by atoms with E-state index in [1.807, 2.05) is 12.1 Å². The first-order chi connectivity index (χ1) is 15.4. The monoisotopic (exact) mass is 456 g/mol. The molecule has 1 N–H and O–H groups in total. The number of rotatable bonds is 10. The van der Waals surface area contributed by atoms with Crippen LogP contribution < -0.4 is 4.74 Å². The second kappa shape index (κ2) is 11.3. The number of ether oxygens (including phenoxy) is 1. The summed E-state index contributed by atoms with van der Waals surface area (Å²) in [6, 6.07) is 8.21. The second-order valence-corrected chi connectivity index (χ2v) is 11.4. The van der Waals surface area contributed by atoms with Crippen molar-refractivity contribution in [2.24, 2.45) is 4.99 Å². The number of pyridine rings is 1. The van der Waals surface area contributed by atoms with Gasteiger partial charge in [-0.25, -0.2) is 0 Å². The molecule has 0 saturated carbocycles. The average molecular weight is 457 g/mol. The molecule has 0 radical (unpaired) electrons. The van der Waals surface area contributed by atoms with Crippen LogP contribution in [0.5, 0.6) is 5.75 Å². The summed E-state index contributed by atoms with van der Waals surface area (Å²) in [5, 5.41) is 12.0. The van der Waals surface area contributed by atoms with Crippen molar-refractivity contribution in [2.75, 3.05) is 19.4 Å². The molecule has 0 saturated heterocycles. The molecule has 3 rings (SSSR count). The van der Waals surface area contributed by atoms with Crippen LogP contribution in [0.4, 0.5) is 0 Å². The lowest BCUT2D eigenvalue weighted by Crippen LogP contribution is -2.13. The van der Waals surface area contributed by atoms with E-state index in [2.05, 4.69) is 46.8 Å². The molecule has 1 aliphatic rings. The number of nitrogens with zero attached hydrogens (tertiary/aromatic N) is 2. The van der Waals surface area contributed by atoms with Gasteiger partial charge >= 0.3 is 0 Å². The Morgan fingerprint density at radius 3 is 2.41 bits per heavy atom. The molecule has 176 valence electrons. The molecule has 2 heterocycles. The van der Waals surface area contributed by atoms with Crippen LogP contribution in [0, 0.1) is 0 Å². The van der Waals surface area contributed by atoms with Crippen LogP contribution in [0.2, 0.25) is 0 Å². The Labute approximate surface area is 196 Å². The third kappa shape index (κ3) is 5.04. The van der Waals surface area contributed by atoms with Crippen molar-refractivity contribution in [1.82, 2.24) is 4.98 Å². The van der Waals surface area contributed by atoms with Gasteiger partial charge in [0.2, 0.25) is 0 Å². The minimum atomic E-state index is -0.568. The molecule has 1 aromatic carbocycles. The van der Waals surface area contributed by atoms with Gasteiger partial charge in [0.25, 0.3) is 0 Å². The summed E-state index contributed by atoms with van der Waals surface area (Å²) in [5.41, 5.74) is 5.32. The molecule has 1 unspecified atom stereocenters. The van der Waals surface area contributed by atoms with E-state index in [9.17, 15) is 5.11 Å². The molecular weight excluding hydrogens is 416 g/mol. The molecule has 0 spiro atoms. The van der Waals surface area contributed by atoms with E-state index in [1.165, 1.54) is 34.9 Å². The van der Waals surface area contributed by atoms with Gasteiger partial charge in [0, 0.05) is 39.6 Å². The van der Waals surface area contributed by atoms with Crippen LogP contribution in [0.3, 0.4) is 0 Å². The third-order valence-electron chi connectivity index (χ3n) is 6.16. The quantitative estimate of drug-likeness (QED) is 0.304. The summed E-state index contributed by atoms with van der Waals surface area (Å²) >= 11 is 0. The number of thiol groups is 1. The van der Waals surface area contributed by atoms with Crippen LogP contribution >= 0.6 is 10.9 Å². The van der Waals surface area contributed by atoms with E-state index >= 15 is 0 Å². The summed E-state index contributed by atoms with van der Waals surface area (Å²) in [6.07, 6.45) is 4.72. The van der Waals surface area contributed by atoms with Crippen molar-refractivity contribution in [3.05, 3.63) is 41.2 Å². The number of aromatic nitrogens is 1. The highest BCUT2D eigenvalue weighted by Gasteiger charge is 2.31. The zero-order valence-corrected chi connectivity index (χ0v) is 21.5. The first-order valence-corrected chi connectivity index (χ1v) is 13.6. The van der Waals surface area contributed by atoms with Gasteiger partial charge in [-0.15, -0.1) is 0 Å². The lowest BCUT2D eigenvalue weighted by atomic mass is 9.91. The Morgan fingerprint density at radius 2 is 1.78 bits per heavy atom. The Kier molecular flexibility index (Phi) is 8.78. The van der Waals surface area contributed by atoms with Gasteiger partial charge in [-0.05, 0) is 30.7 Å². The number of hydrogen-bond acceptors (Lipinski definition) is 4. The standard InChI is InChI=1S/C27H40N2O2S/c1-7-8-9-14-23-28-15-16-32(23)27-24(20-12-10-11-13-22(20)31-6)21(17-30)25(18(2)3)29-26(27)19(4)5/h10-13,18-19,30,32H,7-9,14-17H2,1-6H3. The number of para-hydroxylation sites is 1. The van der Waals surface area contributed by atoms with Crippen molar-refractivity contribution in [3.63, 3.8) is 0 Å². The van der Waals surface area contributed by atoms with E-state index in [0.717, 1.165) is 46.9 Å². The molecule has 0 fully saturated rings. The van der Waals surface area contributed by atoms with Crippen LogP contribution in [0.25, 0.3) is 11.1 Å². The second-order valence-electron chi connectivity index (χ2n) is 9.16. The normalized spacial score (nSPS) is 17.3. The van der Waals surface area contributed by atoms with Gasteiger partial charge in [0.15, 0.2) is 0 Å². The van der Waals surface area contributed by atoms with Crippen molar-refractivity contribution in [1.29, 1.82) is 0 Å². The molecule has 5 heteroatoms. The van der Waals surface area contributed by atoms with Crippen molar-refractivity contribution < 1.29 is 9.84 Å². The molecule has 2 aromatic rings. The van der Waals surface area contributed by atoms with E-state index in [1.54, 1.807) is 7.11 Å². The maximum atomic E-state index is 10.6. The number of unbranched alkanes of at least 4 members (excludes halogenated alkanes) is 2.